The van der Waals surface area contributed by atoms with Crippen LogP contribution in [0.4, 0.5) is 5.00 Å². The van der Waals surface area contributed by atoms with E-state index >= 15 is 0 Å². The number of thiophene rings is 1. The van der Waals surface area contributed by atoms with Crippen LogP contribution < -0.4 is 10.1 Å². The summed E-state index contributed by atoms with van der Waals surface area (Å²) < 4.78 is 40.8. The molecule has 0 spiro atoms. The molecule has 2 heterocycles. The number of carbonyl (C=O) groups excluding carboxylic acids is 2. The number of aryl methyl sites for hydroxylation is 1. The number of carbonyl (C=O) groups is 2. The minimum absolute atomic E-state index is 0.00314. The fourth-order valence-corrected chi connectivity index (χ4v) is 5.94. The molecule has 1 aliphatic carbocycles. The summed E-state index contributed by atoms with van der Waals surface area (Å²) >= 11 is 1.28. The molecule has 2 aromatic heterocycles. The molecule has 10 nitrogen and oxygen atoms in total. The van der Waals surface area contributed by atoms with Crippen molar-refractivity contribution in [3.8, 4) is 17.2 Å². The van der Waals surface area contributed by atoms with Gasteiger partial charge in [-0.25, -0.2) is 13.2 Å². The summed E-state index contributed by atoms with van der Waals surface area (Å²) in [4.78, 5) is 26.1. The van der Waals surface area contributed by atoms with Crippen molar-refractivity contribution in [3.63, 3.8) is 0 Å². The Balaban J connectivity index is 1.52. The van der Waals surface area contributed by atoms with Crippen LogP contribution >= 0.6 is 11.3 Å². The van der Waals surface area contributed by atoms with Crippen LogP contribution in [0.25, 0.3) is 11.5 Å². The number of ether oxygens (including phenoxy) is 2. The van der Waals surface area contributed by atoms with E-state index < -0.39 is 32.7 Å². The number of anilines is 1. The van der Waals surface area contributed by atoms with Crippen LogP contribution in [0.5, 0.6) is 5.75 Å². The van der Waals surface area contributed by atoms with Gasteiger partial charge in [0, 0.05) is 10.4 Å². The molecule has 0 bridgehead atoms. The summed E-state index contributed by atoms with van der Waals surface area (Å²) in [7, 11) is -1.42. The number of amides is 1. The van der Waals surface area contributed by atoms with Gasteiger partial charge in [0.2, 0.25) is 21.6 Å². The van der Waals surface area contributed by atoms with E-state index in [0.717, 1.165) is 36.1 Å². The van der Waals surface area contributed by atoms with Crippen LogP contribution in [-0.4, -0.2) is 50.5 Å². The number of benzene rings is 1. The lowest BCUT2D eigenvalue weighted by Crippen LogP contribution is -2.24. The number of nitrogens with zero attached hydrogens (tertiary/aromatic N) is 2. The highest BCUT2D eigenvalue weighted by molar-refractivity contribution is 7.91. The molecule has 34 heavy (non-hydrogen) atoms. The Morgan fingerprint density at radius 3 is 2.53 bits per heavy atom. The molecule has 0 fully saturated rings. The van der Waals surface area contributed by atoms with Crippen LogP contribution in [0, 0.1) is 0 Å². The van der Waals surface area contributed by atoms with E-state index in [9.17, 15) is 18.0 Å². The molecule has 0 aliphatic heterocycles. The molecular formula is C22H23N3O7S2. The lowest BCUT2D eigenvalue weighted by Gasteiger charge is -2.07. The first-order chi connectivity index (χ1) is 16.3. The number of hydrogen-bond donors (Lipinski definition) is 1. The summed E-state index contributed by atoms with van der Waals surface area (Å²) in [6, 6.07) is 6.63. The van der Waals surface area contributed by atoms with Gasteiger partial charge in [-0.05, 0) is 55.5 Å². The van der Waals surface area contributed by atoms with Gasteiger partial charge in [-0.2, -0.15) is 0 Å². The Bertz CT molecular complexity index is 1310. The van der Waals surface area contributed by atoms with Crippen molar-refractivity contribution in [1.29, 1.82) is 0 Å². The van der Waals surface area contributed by atoms with Gasteiger partial charge in [-0.1, -0.05) is 11.5 Å². The average molecular weight is 506 g/mol. The van der Waals surface area contributed by atoms with Crippen molar-refractivity contribution in [2.45, 2.75) is 37.3 Å². The third kappa shape index (κ3) is 4.97. The fraction of sp³-hybridized carbons (Fsp3) is 0.364. The first-order valence-corrected chi connectivity index (χ1v) is 13.0. The molecule has 180 valence electrons. The highest BCUT2D eigenvalue weighted by Crippen LogP contribution is 2.38. The fourth-order valence-electron chi connectivity index (χ4n) is 3.73. The maximum atomic E-state index is 12.7. The topological polar surface area (TPSA) is 138 Å². The second-order valence-electron chi connectivity index (χ2n) is 7.67. The minimum atomic E-state index is -4.21. The molecule has 1 amide bonds. The Hall–Kier alpha value is -3.25. The normalized spacial score (nSPS) is 13.6. The van der Waals surface area contributed by atoms with E-state index in [-0.39, 0.29) is 5.89 Å². The zero-order valence-corrected chi connectivity index (χ0v) is 20.3. The van der Waals surface area contributed by atoms with Gasteiger partial charge in [0.25, 0.3) is 0 Å². The van der Waals surface area contributed by atoms with Gasteiger partial charge >= 0.3 is 11.2 Å². The highest BCUT2D eigenvalue weighted by Gasteiger charge is 2.30. The zero-order chi connectivity index (χ0) is 24.3. The van der Waals surface area contributed by atoms with Crippen molar-refractivity contribution in [1.82, 2.24) is 10.2 Å². The molecule has 1 aliphatic rings. The van der Waals surface area contributed by atoms with Gasteiger partial charge in [-0.3, -0.25) is 4.79 Å². The van der Waals surface area contributed by atoms with Crippen LogP contribution in [0.15, 0.2) is 33.9 Å². The third-order valence-corrected chi connectivity index (χ3v) is 7.94. The first-order valence-electron chi connectivity index (χ1n) is 10.6. The Kier molecular flexibility index (Phi) is 6.98. The van der Waals surface area contributed by atoms with Gasteiger partial charge in [0.15, 0.2) is 0 Å². The van der Waals surface area contributed by atoms with Gasteiger partial charge in [0.1, 0.15) is 16.5 Å². The number of aromatic nitrogens is 2. The monoisotopic (exact) mass is 505 g/mol. The standard InChI is InChI=1S/C22H23N3O7S2/c1-30-14-10-8-13(9-11-14)19-24-25-22(32-19)34(28,29)12-17(26)23-20-18(21(27)31-2)15-6-4-3-5-7-16(15)33-20/h8-11H,3-7,12H2,1-2H3,(H,23,26). The number of rotatable bonds is 7. The Morgan fingerprint density at radius 1 is 1.09 bits per heavy atom. The molecule has 4 rings (SSSR count). The van der Waals surface area contributed by atoms with E-state index in [1.54, 1.807) is 24.3 Å². The molecule has 0 saturated carbocycles. The maximum absolute atomic E-state index is 12.7. The third-order valence-electron chi connectivity index (χ3n) is 5.39. The van der Waals surface area contributed by atoms with Crippen molar-refractivity contribution in [2.75, 3.05) is 25.3 Å². The van der Waals surface area contributed by atoms with Crippen LogP contribution in [-0.2, 0) is 32.2 Å². The number of hydrogen-bond acceptors (Lipinski definition) is 10. The summed E-state index contributed by atoms with van der Waals surface area (Å²) in [6.45, 7) is 0. The van der Waals surface area contributed by atoms with Gasteiger partial charge in [0.05, 0.1) is 19.8 Å². The van der Waals surface area contributed by atoms with Crippen LogP contribution in [0.1, 0.15) is 40.1 Å². The minimum Gasteiger partial charge on any atom is -0.497 e. The second-order valence-corrected chi connectivity index (χ2v) is 10.6. The SMILES string of the molecule is COC(=O)c1c(NC(=O)CS(=O)(=O)c2nnc(-c3ccc(OC)cc3)o2)sc2c1CCCCC2. The Morgan fingerprint density at radius 2 is 1.82 bits per heavy atom. The van der Waals surface area contributed by atoms with Gasteiger partial charge < -0.3 is 19.2 Å². The lowest BCUT2D eigenvalue weighted by molar-refractivity contribution is -0.113. The van der Waals surface area contributed by atoms with E-state index in [0.29, 0.717) is 28.3 Å². The van der Waals surface area contributed by atoms with E-state index in [1.165, 1.54) is 25.6 Å². The largest absolute Gasteiger partial charge is 0.497 e. The maximum Gasteiger partial charge on any atom is 0.341 e. The Labute approximate surface area is 200 Å². The predicted octanol–water partition coefficient (Wildman–Crippen LogP) is 3.27. The summed E-state index contributed by atoms with van der Waals surface area (Å²) in [5.74, 6) is -1.67. The average Bonchev–Trinajstić information content (AvgIpc) is 3.38. The summed E-state index contributed by atoms with van der Waals surface area (Å²) in [6.07, 6.45) is 4.49. The predicted molar refractivity (Wildman–Crippen MR) is 124 cm³/mol. The zero-order valence-electron chi connectivity index (χ0n) is 18.6. The molecule has 1 N–H and O–H groups in total. The number of nitrogens with one attached hydrogen (secondary N) is 1. The highest BCUT2D eigenvalue weighted by atomic mass is 32.2. The quantitative estimate of drug-likeness (QED) is 0.379. The summed E-state index contributed by atoms with van der Waals surface area (Å²) in [5.41, 5.74) is 1.67. The van der Waals surface area contributed by atoms with E-state index in [4.69, 9.17) is 13.9 Å². The molecule has 1 aromatic carbocycles. The van der Waals surface area contributed by atoms with E-state index in [2.05, 4.69) is 15.5 Å². The van der Waals surface area contributed by atoms with Crippen LogP contribution in [0.3, 0.4) is 0 Å². The second kappa shape index (κ2) is 9.94. The number of sulfone groups is 1. The molecule has 0 saturated heterocycles. The summed E-state index contributed by atoms with van der Waals surface area (Å²) in [5, 5.41) is 9.58. The van der Waals surface area contributed by atoms with E-state index in [1.807, 2.05) is 0 Å². The molecule has 0 unspecified atom stereocenters. The molecule has 12 heteroatoms. The number of fused-ring (bicyclic) bond motifs is 1. The lowest BCUT2D eigenvalue weighted by atomic mass is 10.1. The van der Waals surface area contributed by atoms with Crippen molar-refractivity contribution in [3.05, 3.63) is 40.3 Å². The first kappa shape index (κ1) is 23.9. The van der Waals surface area contributed by atoms with Crippen molar-refractivity contribution in [2.24, 2.45) is 0 Å². The molecular weight excluding hydrogens is 482 g/mol. The molecule has 3 aromatic rings. The van der Waals surface area contributed by atoms with Crippen molar-refractivity contribution >= 4 is 38.1 Å². The van der Waals surface area contributed by atoms with Gasteiger partial charge in [-0.15, -0.1) is 16.4 Å². The molecule has 0 radical (unpaired) electrons. The van der Waals surface area contributed by atoms with Crippen LogP contribution in [0.2, 0.25) is 0 Å². The number of esters is 1. The smallest absolute Gasteiger partial charge is 0.341 e. The van der Waals surface area contributed by atoms with Crippen molar-refractivity contribution < 1.29 is 31.9 Å². The number of methoxy groups -OCH3 is 2. The molecule has 0 atom stereocenters.